The number of hydrogen-bond acceptors (Lipinski definition) is 4. The number of carbonyl (C=O) groups is 2. The summed E-state index contributed by atoms with van der Waals surface area (Å²) in [6.45, 7) is 4.72. The van der Waals surface area contributed by atoms with Crippen LogP contribution in [-0.4, -0.2) is 41.4 Å². The van der Waals surface area contributed by atoms with E-state index in [0.717, 1.165) is 28.6 Å². The molecule has 1 saturated heterocycles. The van der Waals surface area contributed by atoms with Crippen LogP contribution in [0.25, 0.3) is 10.9 Å². The molecule has 3 aromatic rings. The molecule has 2 aromatic carbocycles. The summed E-state index contributed by atoms with van der Waals surface area (Å²) >= 11 is 6.21. The van der Waals surface area contributed by atoms with Gasteiger partial charge in [-0.05, 0) is 61.7 Å². The molecule has 0 spiro atoms. The minimum atomic E-state index is -0.490. The third-order valence-corrected chi connectivity index (χ3v) is 6.77. The highest BCUT2D eigenvalue weighted by molar-refractivity contribution is 6.31. The molecule has 31 heavy (non-hydrogen) atoms. The second kappa shape index (κ2) is 7.39. The molecule has 3 heterocycles. The first-order chi connectivity index (χ1) is 14.9. The van der Waals surface area contributed by atoms with E-state index in [9.17, 15) is 9.59 Å². The van der Waals surface area contributed by atoms with Crippen LogP contribution in [0.1, 0.15) is 36.2 Å². The Balaban J connectivity index is 1.48. The third-order valence-electron chi connectivity index (χ3n) is 6.53. The average molecular weight is 438 g/mol. The van der Waals surface area contributed by atoms with Gasteiger partial charge in [0.05, 0.1) is 25.3 Å². The van der Waals surface area contributed by atoms with Gasteiger partial charge in [0.1, 0.15) is 5.75 Å². The average Bonchev–Trinajstić information content (AvgIpc) is 3.25. The number of fused-ring (bicyclic) bond motifs is 3. The number of H-pyrrole nitrogens is 1. The van der Waals surface area contributed by atoms with Crippen LogP contribution >= 0.6 is 11.6 Å². The molecule has 0 radical (unpaired) electrons. The van der Waals surface area contributed by atoms with Crippen LogP contribution in [-0.2, 0) is 16.0 Å². The second-order valence-electron chi connectivity index (χ2n) is 8.33. The molecule has 160 valence electrons. The summed E-state index contributed by atoms with van der Waals surface area (Å²) in [6, 6.07) is 10.9. The predicted molar refractivity (Wildman–Crippen MR) is 121 cm³/mol. The van der Waals surface area contributed by atoms with Crippen molar-refractivity contribution in [1.29, 1.82) is 0 Å². The van der Waals surface area contributed by atoms with Gasteiger partial charge in [-0.3, -0.25) is 14.5 Å². The number of anilines is 1. The van der Waals surface area contributed by atoms with Crippen molar-refractivity contribution in [2.24, 2.45) is 0 Å². The van der Waals surface area contributed by atoms with Gasteiger partial charge in [-0.1, -0.05) is 17.7 Å². The van der Waals surface area contributed by atoms with Crippen molar-refractivity contribution in [2.75, 3.05) is 18.6 Å². The first-order valence-electron chi connectivity index (χ1n) is 10.5. The number of nitrogens with one attached hydrogen (secondary N) is 1. The van der Waals surface area contributed by atoms with Crippen LogP contribution in [0.15, 0.2) is 36.4 Å². The van der Waals surface area contributed by atoms with Crippen LogP contribution in [0, 0.1) is 6.92 Å². The smallest absolute Gasteiger partial charge is 0.251 e. The number of amides is 2. The molecule has 2 aliphatic heterocycles. The monoisotopic (exact) mass is 437 g/mol. The molecule has 2 aliphatic rings. The summed E-state index contributed by atoms with van der Waals surface area (Å²) in [6.07, 6.45) is 0.966. The molecule has 0 aliphatic carbocycles. The molecule has 1 aromatic heterocycles. The van der Waals surface area contributed by atoms with Crippen LogP contribution < -0.4 is 9.64 Å². The Morgan fingerprint density at radius 2 is 1.97 bits per heavy atom. The van der Waals surface area contributed by atoms with Crippen molar-refractivity contribution in [1.82, 2.24) is 9.88 Å². The lowest BCUT2D eigenvalue weighted by atomic mass is 9.96. The van der Waals surface area contributed by atoms with Crippen LogP contribution in [0.5, 0.6) is 5.75 Å². The van der Waals surface area contributed by atoms with Crippen molar-refractivity contribution in [3.63, 3.8) is 0 Å². The highest BCUT2D eigenvalue weighted by atomic mass is 35.5. The Hall–Kier alpha value is -2.83. The van der Waals surface area contributed by atoms with Crippen molar-refractivity contribution >= 4 is 40.0 Å². The standard InChI is InChI=1S/C24H24ClN3O3/c1-13-4-7-21(31-3)19(10-13)28-22(29)12-20(24(28)30)27-9-8-16-17-11-15(25)5-6-18(17)26-23(16)14(27)2/h4-7,10-11,14,20,26H,8-9,12H2,1-3H3. The van der Waals surface area contributed by atoms with Gasteiger partial charge >= 0.3 is 0 Å². The number of benzene rings is 2. The summed E-state index contributed by atoms with van der Waals surface area (Å²) in [5.41, 5.74) is 4.87. The highest BCUT2D eigenvalue weighted by Crippen LogP contribution is 2.40. The fourth-order valence-corrected chi connectivity index (χ4v) is 5.17. The maximum Gasteiger partial charge on any atom is 0.251 e. The lowest BCUT2D eigenvalue weighted by molar-refractivity contribution is -0.123. The number of aryl methyl sites for hydroxylation is 1. The molecule has 1 N–H and O–H groups in total. The van der Waals surface area contributed by atoms with Gasteiger partial charge in [0.25, 0.3) is 5.91 Å². The van der Waals surface area contributed by atoms with Crippen LogP contribution in [0.2, 0.25) is 5.02 Å². The number of imide groups is 1. The van der Waals surface area contributed by atoms with Gasteiger partial charge in [-0.2, -0.15) is 0 Å². The lowest BCUT2D eigenvalue weighted by Gasteiger charge is -2.36. The first kappa shape index (κ1) is 20.1. The number of hydrogen-bond donors (Lipinski definition) is 1. The van der Waals surface area contributed by atoms with E-state index in [1.807, 2.05) is 37.3 Å². The number of ether oxygens (including phenoxy) is 1. The van der Waals surface area contributed by atoms with Gasteiger partial charge in [0.15, 0.2) is 0 Å². The number of aromatic amines is 1. The summed E-state index contributed by atoms with van der Waals surface area (Å²) < 4.78 is 5.43. The fraction of sp³-hybridized carbons (Fsp3) is 0.333. The van der Waals surface area contributed by atoms with E-state index in [0.29, 0.717) is 23.0 Å². The van der Waals surface area contributed by atoms with Crippen molar-refractivity contribution in [3.8, 4) is 5.75 Å². The van der Waals surface area contributed by atoms with Crippen molar-refractivity contribution in [2.45, 2.75) is 38.8 Å². The van der Waals surface area contributed by atoms with Gasteiger partial charge in [0.2, 0.25) is 5.91 Å². The zero-order valence-corrected chi connectivity index (χ0v) is 18.5. The normalized spacial score (nSPS) is 21.7. The van der Waals surface area contributed by atoms with E-state index in [-0.39, 0.29) is 24.3 Å². The van der Waals surface area contributed by atoms with Gasteiger partial charge in [0, 0.05) is 34.2 Å². The predicted octanol–water partition coefficient (Wildman–Crippen LogP) is 4.39. The van der Waals surface area contributed by atoms with Gasteiger partial charge in [-0.15, -0.1) is 0 Å². The Morgan fingerprint density at radius 3 is 2.74 bits per heavy atom. The van der Waals surface area contributed by atoms with E-state index in [1.165, 1.54) is 10.5 Å². The third kappa shape index (κ3) is 3.13. The molecular weight excluding hydrogens is 414 g/mol. The van der Waals surface area contributed by atoms with Gasteiger partial charge in [-0.25, -0.2) is 4.90 Å². The number of aromatic nitrogens is 1. The molecule has 1 fully saturated rings. The number of methoxy groups -OCH3 is 1. The summed E-state index contributed by atoms with van der Waals surface area (Å²) in [4.78, 5) is 33.3. The van der Waals surface area contributed by atoms with Crippen LogP contribution in [0.3, 0.4) is 0 Å². The Kier molecular flexibility index (Phi) is 4.79. The fourth-order valence-electron chi connectivity index (χ4n) is 5.00. The molecule has 2 unspecified atom stereocenters. The zero-order chi connectivity index (χ0) is 21.9. The highest BCUT2D eigenvalue weighted by Gasteiger charge is 2.46. The molecule has 6 nitrogen and oxygen atoms in total. The van der Waals surface area contributed by atoms with E-state index in [2.05, 4.69) is 16.8 Å². The molecule has 7 heteroatoms. The number of halogens is 1. The molecule has 5 rings (SSSR count). The SMILES string of the molecule is COc1ccc(C)cc1N1C(=O)CC(N2CCc3c([nH]c4ccc(Cl)cc34)C2C)C1=O. The molecule has 2 atom stereocenters. The lowest BCUT2D eigenvalue weighted by Crippen LogP contribution is -2.46. The molecular formula is C24H24ClN3O3. The van der Waals surface area contributed by atoms with E-state index in [4.69, 9.17) is 16.3 Å². The van der Waals surface area contributed by atoms with Gasteiger partial charge < -0.3 is 9.72 Å². The quantitative estimate of drug-likeness (QED) is 0.617. The van der Waals surface area contributed by atoms with E-state index in [1.54, 1.807) is 13.2 Å². The summed E-state index contributed by atoms with van der Waals surface area (Å²) in [5, 5.41) is 1.85. The Morgan fingerprint density at radius 1 is 1.16 bits per heavy atom. The van der Waals surface area contributed by atoms with Crippen molar-refractivity contribution in [3.05, 3.63) is 58.2 Å². The number of rotatable bonds is 3. The second-order valence-corrected chi connectivity index (χ2v) is 8.77. The number of nitrogens with zero attached hydrogens (tertiary/aromatic N) is 2. The minimum Gasteiger partial charge on any atom is -0.495 e. The maximum absolute atomic E-state index is 13.4. The Labute approximate surface area is 185 Å². The summed E-state index contributed by atoms with van der Waals surface area (Å²) in [7, 11) is 1.55. The largest absolute Gasteiger partial charge is 0.495 e. The number of carbonyl (C=O) groups excluding carboxylic acids is 2. The summed E-state index contributed by atoms with van der Waals surface area (Å²) in [5.74, 6) is 0.137. The molecule has 2 amide bonds. The molecule has 0 saturated carbocycles. The van der Waals surface area contributed by atoms with Crippen molar-refractivity contribution < 1.29 is 14.3 Å². The maximum atomic E-state index is 13.4. The topological polar surface area (TPSA) is 65.6 Å². The van der Waals surface area contributed by atoms with E-state index >= 15 is 0 Å². The minimum absolute atomic E-state index is 0.0176. The Bertz CT molecular complexity index is 1220. The van der Waals surface area contributed by atoms with Crippen LogP contribution in [0.4, 0.5) is 5.69 Å². The first-order valence-corrected chi connectivity index (χ1v) is 10.8. The molecule has 0 bridgehead atoms. The zero-order valence-electron chi connectivity index (χ0n) is 17.7. The van der Waals surface area contributed by atoms with E-state index < -0.39 is 6.04 Å².